The predicted molar refractivity (Wildman–Crippen MR) is 154 cm³/mol. The number of allylic oxidation sites excluding steroid dienone is 1. The lowest BCUT2D eigenvalue weighted by Gasteiger charge is -2.33. The minimum Gasteiger partial charge on any atom is -0.506 e. The van der Waals surface area contributed by atoms with Crippen molar-refractivity contribution in [2.45, 2.75) is 46.6 Å². The second-order valence-electron chi connectivity index (χ2n) is 10.5. The number of para-hydroxylation sites is 1. The van der Waals surface area contributed by atoms with Crippen LogP contribution in [0.1, 0.15) is 61.4 Å². The van der Waals surface area contributed by atoms with Gasteiger partial charge in [0.2, 0.25) is 0 Å². The first-order valence-electron chi connectivity index (χ1n) is 13.2. The number of terminal acetylenes is 1. The van der Waals surface area contributed by atoms with Gasteiger partial charge in [-0.15, -0.1) is 6.42 Å². The molecule has 41 heavy (non-hydrogen) atoms. The molecule has 0 saturated carbocycles. The highest BCUT2D eigenvalue weighted by atomic mass is 19.1. The topological polar surface area (TPSA) is 101 Å². The van der Waals surface area contributed by atoms with Gasteiger partial charge in [0.05, 0.1) is 11.4 Å². The molecule has 3 aromatic rings. The summed E-state index contributed by atoms with van der Waals surface area (Å²) >= 11 is 0. The maximum Gasteiger partial charge on any atom is 0.298 e. The number of phenolic OH excluding ortho intramolecular Hbond substituents is 1. The molecule has 1 unspecified atom stereocenters. The zero-order chi connectivity index (χ0) is 29.7. The Labute approximate surface area is 238 Å². The summed E-state index contributed by atoms with van der Waals surface area (Å²) in [7, 11) is 0. The van der Waals surface area contributed by atoms with E-state index in [0.717, 1.165) is 12.5 Å². The average molecular weight is 558 g/mol. The van der Waals surface area contributed by atoms with Crippen LogP contribution in [-0.2, 0) is 9.53 Å². The highest BCUT2D eigenvalue weighted by molar-refractivity contribution is 6.08. The van der Waals surface area contributed by atoms with Gasteiger partial charge in [-0.2, -0.15) is 0 Å². The summed E-state index contributed by atoms with van der Waals surface area (Å²) in [5.41, 5.74) is 1.28. The Balaban J connectivity index is 2.06. The quantitative estimate of drug-likeness (QED) is 0.182. The summed E-state index contributed by atoms with van der Waals surface area (Å²) in [6.45, 7) is 8.02. The summed E-state index contributed by atoms with van der Waals surface area (Å²) < 4.78 is 27.0. The lowest BCUT2D eigenvalue weighted by molar-refractivity contribution is -0.125. The molecule has 0 saturated heterocycles. The number of phenols is 1. The van der Waals surface area contributed by atoms with Gasteiger partial charge in [0.1, 0.15) is 41.3 Å². The molecular formula is C32H32FN3O5. The van der Waals surface area contributed by atoms with Crippen LogP contribution in [0.2, 0.25) is 0 Å². The van der Waals surface area contributed by atoms with Crippen LogP contribution >= 0.6 is 0 Å². The summed E-state index contributed by atoms with van der Waals surface area (Å²) in [6.07, 6.45) is 6.39. The maximum absolute atomic E-state index is 16.0. The fraction of sp³-hybridized carbons (Fsp3) is 0.281. The zero-order valence-electron chi connectivity index (χ0n) is 23.4. The maximum atomic E-state index is 16.0. The number of aromatic nitrogens is 1. The number of halogens is 1. The molecule has 8 nitrogen and oxygen atoms in total. The number of nitrogens with zero attached hydrogens (tertiary/aromatic N) is 2. The van der Waals surface area contributed by atoms with Crippen LogP contribution in [0.25, 0.3) is 0 Å². The molecule has 2 aromatic carbocycles. The largest absolute Gasteiger partial charge is 0.506 e. The Hall–Kier alpha value is -4.84. The van der Waals surface area contributed by atoms with Crippen LogP contribution in [0.4, 0.5) is 15.8 Å². The normalized spacial score (nSPS) is 14.8. The van der Waals surface area contributed by atoms with Crippen LogP contribution < -0.4 is 15.0 Å². The van der Waals surface area contributed by atoms with E-state index in [0.29, 0.717) is 17.8 Å². The Kier molecular flexibility index (Phi) is 8.62. The lowest BCUT2D eigenvalue weighted by Crippen LogP contribution is -2.37. The number of rotatable bonds is 9. The van der Waals surface area contributed by atoms with E-state index in [-0.39, 0.29) is 58.4 Å². The highest BCUT2D eigenvalue weighted by Crippen LogP contribution is 2.48. The van der Waals surface area contributed by atoms with Gasteiger partial charge in [0.25, 0.3) is 12.4 Å². The molecule has 1 atom stereocenters. The number of nitrogens with one attached hydrogen (secondary N) is 1. The Bertz CT molecular complexity index is 1540. The highest BCUT2D eigenvalue weighted by Gasteiger charge is 2.41. The van der Waals surface area contributed by atoms with Crippen molar-refractivity contribution >= 4 is 23.8 Å². The van der Waals surface area contributed by atoms with E-state index in [9.17, 15) is 14.7 Å². The monoisotopic (exact) mass is 557 g/mol. The van der Waals surface area contributed by atoms with Crippen molar-refractivity contribution in [3.63, 3.8) is 0 Å². The SMILES string of the molecule is C#CCOc1ccc(C2C(OC=O)=C(CC(C)(C)CC)Nc3c(O)cccc3N2C(=O)c2cccc(C)n2)c(F)c1. The Morgan fingerprint density at radius 1 is 1.24 bits per heavy atom. The second-order valence-corrected chi connectivity index (χ2v) is 10.5. The van der Waals surface area contributed by atoms with Crippen molar-refractivity contribution in [2.24, 2.45) is 5.41 Å². The first kappa shape index (κ1) is 29.2. The third-order valence-electron chi connectivity index (χ3n) is 7.06. The van der Waals surface area contributed by atoms with Gasteiger partial charge in [-0.05, 0) is 55.2 Å². The summed E-state index contributed by atoms with van der Waals surface area (Å²) in [4.78, 5) is 31.9. The molecule has 0 bridgehead atoms. The molecule has 0 radical (unpaired) electrons. The van der Waals surface area contributed by atoms with Crippen LogP contribution in [0, 0.1) is 30.5 Å². The third-order valence-corrected chi connectivity index (χ3v) is 7.06. The van der Waals surface area contributed by atoms with Crippen molar-refractivity contribution in [3.05, 3.63) is 88.8 Å². The van der Waals surface area contributed by atoms with Gasteiger partial charge in [0.15, 0.2) is 5.76 Å². The molecule has 1 amide bonds. The lowest BCUT2D eigenvalue weighted by atomic mass is 9.84. The van der Waals surface area contributed by atoms with Crippen molar-refractivity contribution in [3.8, 4) is 23.8 Å². The fourth-order valence-corrected chi connectivity index (χ4v) is 4.65. The fourth-order valence-electron chi connectivity index (χ4n) is 4.65. The summed E-state index contributed by atoms with van der Waals surface area (Å²) in [5, 5.41) is 14.2. The Morgan fingerprint density at radius 3 is 2.66 bits per heavy atom. The molecule has 9 heteroatoms. The standard InChI is InChI=1S/C32H32FN3O5/c1-6-16-40-21-14-15-22(23(33)17-21)29-30(41-19-37)25(18-32(4,5)7-2)35-28-26(12-9-13-27(28)38)36(29)31(39)24-11-8-10-20(3)34-24/h1,8-15,17,19,29,35,38H,7,16,18H2,2-5H3. The van der Waals surface area contributed by atoms with Crippen LogP contribution in [0.15, 0.2) is 66.1 Å². The van der Waals surface area contributed by atoms with Gasteiger partial charge >= 0.3 is 0 Å². The minimum atomic E-state index is -1.27. The summed E-state index contributed by atoms with van der Waals surface area (Å²) in [6, 6.07) is 12.5. The zero-order valence-corrected chi connectivity index (χ0v) is 23.4. The van der Waals surface area contributed by atoms with Crippen molar-refractivity contribution in [1.29, 1.82) is 0 Å². The van der Waals surface area contributed by atoms with Crippen LogP contribution in [0.5, 0.6) is 11.5 Å². The van der Waals surface area contributed by atoms with Crippen LogP contribution in [-0.4, -0.2) is 29.1 Å². The molecule has 1 aliphatic heterocycles. The molecule has 0 spiro atoms. The number of carbonyl (C=O) groups excluding carboxylic acids is 2. The van der Waals surface area contributed by atoms with Gasteiger partial charge in [-0.25, -0.2) is 9.37 Å². The van der Waals surface area contributed by atoms with E-state index >= 15 is 4.39 Å². The van der Waals surface area contributed by atoms with Crippen molar-refractivity contribution in [2.75, 3.05) is 16.8 Å². The number of benzene rings is 2. The molecule has 2 heterocycles. The van der Waals surface area contributed by atoms with Crippen LogP contribution in [0.3, 0.4) is 0 Å². The van der Waals surface area contributed by atoms with Crippen molar-refractivity contribution < 1.29 is 28.6 Å². The van der Waals surface area contributed by atoms with Crippen molar-refractivity contribution in [1.82, 2.24) is 4.98 Å². The minimum absolute atomic E-state index is 0.00863. The van der Waals surface area contributed by atoms with E-state index in [1.165, 1.54) is 23.1 Å². The first-order valence-corrected chi connectivity index (χ1v) is 13.2. The number of carbonyl (C=O) groups is 2. The number of fused-ring (bicyclic) bond motifs is 1. The van der Waals surface area contributed by atoms with Gasteiger partial charge in [-0.3, -0.25) is 14.5 Å². The molecule has 0 aliphatic carbocycles. The number of ether oxygens (including phenoxy) is 2. The van der Waals surface area contributed by atoms with Gasteiger partial charge in [-0.1, -0.05) is 45.2 Å². The molecule has 0 fully saturated rings. The number of anilines is 2. The molecule has 4 rings (SSSR count). The smallest absolute Gasteiger partial charge is 0.298 e. The number of hydrogen-bond acceptors (Lipinski definition) is 7. The molecule has 2 N–H and O–H groups in total. The van der Waals surface area contributed by atoms with E-state index in [1.807, 2.05) is 20.8 Å². The Morgan fingerprint density at radius 2 is 2.00 bits per heavy atom. The first-order chi connectivity index (χ1) is 19.6. The molecular weight excluding hydrogens is 525 g/mol. The third kappa shape index (κ3) is 6.17. The number of aromatic hydroxyl groups is 1. The summed E-state index contributed by atoms with van der Waals surface area (Å²) in [5.74, 6) is 1.08. The van der Waals surface area contributed by atoms with Gasteiger partial charge in [0, 0.05) is 17.3 Å². The number of hydrogen-bond donors (Lipinski definition) is 2. The number of aryl methyl sites for hydroxylation is 1. The average Bonchev–Trinajstić information content (AvgIpc) is 3.07. The van der Waals surface area contributed by atoms with E-state index in [4.69, 9.17) is 15.9 Å². The molecule has 212 valence electrons. The predicted octanol–water partition coefficient (Wildman–Crippen LogP) is 6.27. The van der Waals surface area contributed by atoms with E-state index < -0.39 is 17.8 Å². The molecule has 1 aliphatic rings. The van der Waals surface area contributed by atoms with E-state index in [2.05, 4.69) is 16.2 Å². The molecule has 1 aromatic heterocycles. The number of amides is 1. The second kappa shape index (κ2) is 12.1. The van der Waals surface area contributed by atoms with Gasteiger partial charge < -0.3 is 19.9 Å². The van der Waals surface area contributed by atoms with E-state index in [1.54, 1.807) is 37.3 Å². The number of pyridine rings is 1.